The van der Waals surface area contributed by atoms with Crippen LogP contribution >= 0.6 is 0 Å². The van der Waals surface area contributed by atoms with Crippen LogP contribution in [0.25, 0.3) is 0 Å². The van der Waals surface area contributed by atoms with Crippen molar-refractivity contribution in [2.75, 3.05) is 27.3 Å². The van der Waals surface area contributed by atoms with E-state index in [1.807, 2.05) is 12.1 Å². The summed E-state index contributed by atoms with van der Waals surface area (Å²) in [5.41, 5.74) is 2.51. The second-order valence-corrected chi connectivity index (χ2v) is 5.47. The molecule has 1 aromatic carbocycles. The molecule has 0 aliphatic carbocycles. The van der Waals surface area contributed by atoms with Crippen molar-refractivity contribution in [2.45, 2.75) is 31.9 Å². The van der Waals surface area contributed by atoms with Gasteiger partial charge in [-0.05, 0) is 43.5 Å². The highest BCUT2D eigenvalue weighted by Gasteiger charge is 2.17. The van der Waals surface area contributed by atoms with Gasteiger partial charge in [-0.2, -0.15) is 0 Å². The topological polar surface area (TPSA) is 21.7 Å². The first kappa shape index (κ1) is 15.1. The van der Waals surface area contributed by atoms with Gasteiger partial charge in [-0.3, -0.25) is 4.90 Å². The summed E-state index contributed by atoms with van der Waals surface area (Å²) in [5, 5.41) is 0. The van der Waals surface area contributed by atoms with Gasteiger partial charge in [0.1, 0.15) is 5.75 Å². The van der Waals surface area contributed by atoms with Crippen LogP contribution in [0.3, 0.4) is 0 Å². The molecule has 3 heteroatoms. The number of hydrogen-bond donors (Lipinski definition) is 0. The second kappa shape index (κ2) is 7.46. The zero-order valence-corrected chi connectivity index (χ0v) is 12.6. The third kappa shape index (κ3) is 4.09. The molecule has 0 N–H and O–H groups in total. The van der Waals surface area contributed by atoms with E-state index < -0.39 is 0 Å². The Morgan fingerprint density at radius 3 is 3.00 bits per heavy atom. The Labute approximate surface area is 122 Å². The number of hydrogen-bond acceptors (Lipinski definition) is 3. The lowest BCUT2D eigenvalue weighted by molar-refractivity contribution is 0.0793. The molecule has 1 fully saturated rings. The quantitative estimate of drug-likeness (QED) is 0.714. The highest BCUT2D eigenvalue weighted by atomic mass is 16.5. The second-order valence-electron chi connectivity index (χ2n) is 5.47. The van der Waals surface area contributed by atoms with E-state index in [-0.39, 0.29) is 0 Å². The summed E-state index contributed by atoms with van der Waals surface area (Å²) in [6, 6.07) is 6.40. The fraction of sp³-hybridized carbons (Fsp3) is 0.529. The lowest BCUT2D eigenvalue weighted by Crippen LogP contribution is -2.28. The number of rotatable bonds is 7. The average Bonchev–Trinajstić information content (AvgIpc) is 2.92. The third-order valence-corrected chi connectivity index (χ3v) is 3.70. The molecule has 0 radical (unpaired) electrons. The molecule has 0 bridgehead atoms. The summed E-state index contributed by atoms with van der Waals surface area (Å²) in [6.07, 6.45) is 5.55. The van der Waals surface area contributed by atoms with E-state index in [9.17, 15) is 0 Å². The predicted octanol–water partition coefficient (Wildman–Crippen LogP) is 3.03. The fourth-order valence-electron chi connectivity index (χ4n) is 2.76. The zero-order chi connectivity index (χ0) is 14.4. The van der Waals surface area contributed by atoms with Crippen LogP contribution in [0, 0.1) is 0 Å². The number of ether oxygens (including phenoxy) is 2. The van der Waals surface area contributed by atoms with E-state index in [0.717, 1.165) is 31.9 Å². The first-order valence-corrected chi connectivity index (χ1v) is 7.29. The molecule has 1 aliphatic heterocycles. The first-order valence-electron chi connectivity index (χ1n) is 7.29. The van der Waals surface area contributed by atoms with Gasteiger partial charge in [-0.1, -0.05) is 18.2 Å². The molecule has 20 heavy (non-hydrogen) atoms. The Kier molecular flexibility index (Phi) is 5.62. The normalized spacial score (nSPS) is 18.4. The summed E-state index contributed by atoms with van der Waals surface area (Å²) in [4.78, 5) is 2.33. The van der Waals surface area contributed by atoms with Crippen molar-refractivity contribution in [3.8, 4) is 5.75 Å². The summed E-state index contributed by atoms with van der Waals surface area (Å²) >= 11 is 0. The molecule has 1 aliphatic rings. The maximum absolute atomic E-state index is 5.69. The lowest BCUT2D eigenvalue weighted by atomic mass is 10.1. The van der Waals surface area contributed by atoms with Crippen LogP contribution < -0.4 is 4.74 Å². The SMILES string of the molecule is C=CCc1cc(CN(C)C[C@H]2CCCO2)ccc1OC. The van der Waals surface area contributed by atoms with E-state index in [4.69, 9.17) is 9.47 Å². The largest absolute Gasteiger partial charge is 0.496 e. The van der Waals surface area contributed by atoms with Crippen LogP contribution in [0.4, 0.5) is 0 Å². The molecule has 0 aromatic heterocycles. The minimum atomic E-state index is 0.408. The Hall–Kier alpha value is -1.32. The molecule has 1 heterocycles. The van der Waals surface area contributed by atoms with E-state index >= 15 is 0 Å². The van der Waals surface area contributed by atoms with Gasteiger partial charge in [0, 0.05) is 19.7 Å². The van der Waals surface area contributed by atoms with Crippen LogP contribution in [-0.4, -0.2) is 38.3 Å². The highest BCUT2D eigenvalue weighted by molar-refractivity contribution is 5.38. The molecule has 0 amide bonds. The van der Waals surface area contributed by atoms with Gasteiger partial charge in [0.2, 0.25) is 0 Å². The highest BCUT2D eigenvalue weighted by Crippen LogP contribution is 2.22. The standard InChI is InChI=1S/C17H25NO2/c1-4-6-15-11-14(8-9-17(15)19-3)12-18(2)13-16-7-5-10-20-16/h4,8-9,11,16H,1,5-7,10,12-13H2,2-3H3/t16-/m1/s1. The van der Waals surface area contributed by atoms with Gasteiger partial charge in [0.05, 0.1) is 13.2 Å². The number of benzene rings is 1. The van der Waals surface area contributed by atoms with Crippen molar-refractivity contribution in [3.63, 3.8) is 0 Å². The van der Waals surface area contributed by atoms with Gasteiger partial charge in [-0.15, -0.1) is 6.58 Å². The first-order chi connectivity index (χ1) is 9.72. The molecule has 1 atom stereocenters. The van der Waals surface area contributed by atoms with Crippen LogP contribution in [0.2, 0.25) is 0 Å². The summed E-state index contributed by atoms with van der Waals surface area (Å²) in [5.74, 6) is 0.940. The van der Waals surface area contributed by atoms with Crippen molar-refractivity contribution in [1.82, 2.24) is 4.90 Å². The van der Waals surface area contributed by atoms with Crippen LogP contribution in [0.1, 0.15) is 24.0 Å². The minimum absolute atomic E-state index is 0.408. The predicted molar refractivity (Wildman–Crippen MR) is 82.2 cm³/mol. The molecule has 110 valence electrons. The van der Waals surface area contributed by atoms with Gasteiger partial charge >= 0.3 is 0 Å². The maximum Gasteiger partial charge on any atom is 0.122 e. The summed E-state index contributed by atoms with van der Waals surface area (Å²) < 4.78 is 11.1. The smallest absolute Gasteiger partial charge is 0.122 e. The maximum atomic E-state index is 5.69. The van der Waals surface area contributed by atoms with Crippen molar-refractivity contribution >= 4 is 0 Å². The van der Waals surface area contributed by atoms with Crippen LogP contribution in [0.5, 0.6) is 5.75 Å². The van der Waals surface area contributed by atoms with Crippen molar-refractivity contribution in [3.05, 3.63) is 42.0 Å². The van der Waals surface area contributed by atoms with Crippen LogP contribution in [-0.2, 0) is 17.7 Å². The summed E-state index contributed by atoms with van der Waals surface area (Å²) in [6.45, 7) is 6.67. The molecule has 0 saturated carbocycles. The molecular formula is C17H25NO2. The molecule has 1 aromatic rings. The van der Waals surface area contributed by atoms with E-state index in [1.54, 1.807) is 7.11 Å². The van der Waals surface area contributed by atoms with Gasteiger partial charge in [0.25, 0.3) is 0 Å². The fourth-order valence-corrected chi connectivity index (χ4v) is 2.76. The number of nitrogens with zero attached hydrogens (tertiary/aromatic N) is 1. The monoisotopic (exact) mass is 275 g/mol. The minimum Gasteiger partial charge on any atom is -0.496 e. The molecule has 0 spiro atoms. The van der Waals surface area contributed by atoms with Crippen molar-refractivity contribution in [2.24, 2.45) is 0 Å². The molecular weight excluding hydrogens is 250 g/mol. The molecule has 0 unspecified atom stereocenters. The van der Waals surface area contributed by atoms with E-state index in [2.05, 4.69) is 30.7 Å². The Morgan fingerprint density at radius 1 is 1.50 bits per heavy atom. The molecule has 1 saturated heterocycles. The van der Waals surface area contributed by atoms with E-state index in [0.29, 0.717) is 6.10 Å². The molecule has 3 nitrogen and oxygen atoms in total. The van der Waals surface area contributed by atoms with Gasteiger partial charge in [0.15, 0.2) is 0 Å². The third-order valence-electron chi connectivity index (χ3n) is 3.70. The Balaban J connectivity index is 1.97. The number of allylic oxidation sites excluding steroid dienone is 1. The van der Waals surface area contributed by atoms with Crippen LogP contribution in [0.15, 0.2) is 30.9 Å². The number of likely N-dealkylation sites (N-methyl/N-ethyl adjacent to an activating group) is 1. The Morgan fingerprint density at radius 2 is 2.35 bits per heavy atom. The number of methoxy groups -OCH3 is 1. The van der Waals surface area contributed by atoms with Gasteiger partial charge < -0.3 is 9.47 Å². The lowest BCUT2D eigenvalue weighted by Gasteiger charge is -2.21. The van der Waals surface area contributed by atoms with Gasteiger partial charge in [-0.25, -0.2) is 0 Å². The zero-order valence-electron chi connectivity index (χ0n) is 12.6. The average molecular weight is 275 g/mol. The Bertz CT molecular complexity index is 439. The van der Waals surface area contributed by atoms with Crippen molar-refractivity contribution in [1.29, 1.82) is 0 Å². The molecule has 2 rings (SSSR count). The summed E-state index contributed by atoms with van der Waals surface area (Å²) in [7, 11) is 3.87. The van der Waals surface area contributed by atoms with E-state index in [1.165, 1.54) is 24.0 Å². The van der Waals surface area contributed by atoms with Crippen molar-refractivity contribution < 1.29 is 9.47 Å².